The van der Waals surface area contributed by atoms with E-state index in [1.807, 2.05) is 25.1 Å². The fraction of sp³-hybridized carbons (Fsp3) is 0.294. The monoisotopic (exact) mass is 284 g/mol. The Bertz CT molecular complexity index is 721. The van der Waals surface area contributed by atoms with Gasteiger partial charge in [0.05, 0.1) is 0 Å². The molecule has 2 aliphatic rings. The van der Waals surface area contributed by atoms with Gasteiger partial charge in [-0.1, -0.05) is 6.07 Å². The van der Waals surface area contributed by atoms with Gasteiger partial charge in [0.2, 0.25) is 6.79 Å². The second-order valence-electron chi connectivity index (χ2n) is 5.33. The molecule has 0 atom stereocenters. The van der Waals surface area contributed by atoms with Crippen molar-refractivity contribution in [3.63, 3.8) is 0 Å². The van der Waals surface area contributed by atoms with Crippen molar-refractivity contribution in [2.45, 2.75) is 13.8 Å². The summed E-state index contributed by atoms with van der Waals surface area (Å²) in [6.07, 6.45) is 0. The first-order valence-corrected chi connectivity index (χ1v) is 7.04. The van der Waals surface area contributed by atoms with Crippen molar-refractivity contribution < 1.29 is 18.9 Å². The molecular formula is C17H16O4. The van der Waals surface area contributed by atoms with E-state index < -0.39 is 0 Å². The Balaban J connectivity index is 1.99. The van der Waals surface area contributed by atoms with Crippen LogP contribution in [0.15, 0.2) is 24.3 Å². The van der Waals surface area contributed by atoms with Crippen LogP contribution in [0.4, 0.5) is 0 Å². The average molecular weight is 284 g/mol. The van der Waals surface area contributed by atoms with Crippen LogP contribution in [0.5, 0.6) is 23.0 Å². The Labute approximate surface area is 123 Å². The van der Waals surface area contributed by atoms with Crippen LogP contribution < -0.4 is 18.9 Å². The molecule has 0 aromatic heterocycles. The lowest BCUT2D eigenvalue weighted by Crippen LogP contribution is -2.16. The highest BCUT2D eigenvalue weighted by Gasteiger charge is 2.26. The molecular weight excluding hydrogens is 268 g/mol. The fourth-order valence-electron chi connectivity index (χ4n) is 2.88. The molecule has 0 amide bonds. The van der Waals surface area contributed by atoms with E-state index in [1.54, 1.807) is 0 Å². The minimum absolute atomic E-state index is 0.261. The minimum Gasteiger partial charge on any atom is -0.486 e. The van der Waals surface area contributed by atoms with Gasteiger partial charge in [0.25, 0.3) is 0 Å². The molecule has 21 heavy (non-hydrogen) atoms. The van der Waals surface area contributed by atoms with Crippen LogP contribution in [0.2, 0.25) is 0 Å². The van der Waals surface area contributed by atoms with E-state index in [4.69, 9.17) is 18.9 Å². The number of aryl methyl sites for hydroxylation is 2. The predicted molar refractivity (Wildman–Crippen MR) is 78.5 cm³/mol. The lowest BCUT2D eigenvalue weighted by atomic mass is 9.96. The lowest BCUT2D eigenvalue weighted by Gasteiger charge is -2.23. The van der Waals surface area contributed by atoms with Crippen molar-refractivity contribution in [2.24, 2.45) is 0 Å². The van der Waals surface area contributed by atoms with E-state index in [0.717, 1.165) is 45.3 Å². The number of ether oxygens (including phenoxy) is 4. The molecule has 0 saturated heterocycles. The summed E-state index contributed by atoms with van der Waals surface area (Å²) in [6, 6.07) is 8.11. The second-order valence-corrected chi connectivity index (χ2v) is 5.33. The van der Waals surface area contributed by atoms with Crippen LogP contribution in [0.3, 0.4) is 0 Å². The van der Waals surface area contributed by atoms with Gasteiger partial charge in [-0.15, -0.1) is 0 Å². The summed E-state index contributed by atoms with van der Waals surface area (Å²) in [5, 5.41) is 0. The summed E-state index contributed by atoms with van der Waals surface area (Å²) in [6.45, 7) is 5.53. The van der Waals surface area contributed by atoms with Crippen molar-refractivity contribution in [3.8, 4) is 34.1 Å². The van der Waals surface area contributed by atoms with Crippen molar-refractivity contribution in [1.29, 1.82) is 0 Å². The molecule has 0 bridgehead atoms. The molecule has 2 heterocycles. The highest BCUT2D eigenvalue weighted by Crippen LogP contribution is 2.49. The molecule has 0 fully saturated rings. The van der Waals surface area contributed by atoms with Gasteiger partial charge in [-0.25, -0.2) is 0 Å². The second kappa shape index (κ2) is 4.58. The fourth-order valence-corrected chi connectivity index (χ4v) is 2.88. The molecule has 0 saturated carbocycles. The molecule has 0 aliphatic carbocycles. The molecule has 2 aliphatic heterocycles. The van der Waals surface area contributed by atoms with E-state index in [2.05, 4.69) is 13.0 Å². The third-order valence-electron chi connectivity index (χ3n) is 3.80. The third-order valence-corrected chi connectivity index (χ3v) is 3.80. The van der Waals surface area contributed by atoms with Crippen LogP contribution in [0.25, 0.3) is 11.1 Å². The number of hydrogen-bond donors (Lipinski definition) is 0. The molecule has 0 unspecified atom stereocenters. The molecule has 4 nitrogen and oxygen atoms in total. The van der Waals surface area contributed by atoms with Gasteiger partial charge in [0, 0.05) is 11.1 Å². The molecule has 0 radical (unpaired) electrons. The summed E-state index contributed by atoms with van der Waals surface area (Å²) in [5.41, 5.74) is 4.28. The van der Waals surface area contributed by atoms with Gasteiger partial charge in [-0.05, 0) is 43.2 Å². The maximum atomic E-state index is 5.87. The number of benzene rings is 2. The van der Waals surface area contributed by atoms with Gasteiger partial charge >= 0.3 is 0 Å². The quantitative estimate of drug-likeness (QED) is 0.803. The van der Waals surface area contributed by atoms with E-state index >= 15 is 0 Å². The zero-order chi connectivity index (χ0) is 14.4. The van der Waals surface area contributed by atoms with Crippen LogP contribution in [-0.4, -0.2) is 20.0 Å². The highest BCUT2D eigenvalue weighted by atomic mass is 16.7. The summed E-state index contributed by atoms with van der Waals surface area (Å²) in [7, 11) is 0. The normalized spacial score (nSPS) is 15.1. The molecule has 108 valence electrons. The third kappa shape index (κ3) is 1.90. The molecule has 2 aromatic carbocycles. The Morgan fingerprint density at radius 2 is 1.67 bits per heavy atom. The van der Waals surface area contributed by atoms with Crippen LogP contribution in [-0.2, 0) is 0 Å². The van der Waals surface area contributed by atoms with Crippen molar-refractivity contribution in [1.82, 2.24) is 0 Å². The molecule has 0 N–H and O–H groups in total. The van der Waals surface area contributed by atoms with Crippen molar-refractivity contribution in [3.05, 3.63) is 35.4 Å². The van der Waals surface area contributed by atoms with Crippen molar-refractivity contribution in [2.75, 3.05) is 20.0 Å². The van der Waals surface area contributed by atoms with Gasteiger partial charge in [-0.3, -0.25) is 0 Å². The topological polar surface area (TPSA) is 36.9 Å². The van der Waals surface area contributed by atoms with Crippen molar-refractivity contribution >= 4 is 0 Å². The van der Waals surface area contributed by atoms with Crippen LogP contribution >= 0.6 is 0 Å². The smallest absolute Gasteiger partial charge is 0.231 e. The van der Waals surface area contributed by atoms with E-state index in [1.165, 1.54) is 0 Å². The minimum atomic E-state index is 0.261. The number of fused-ring (bicyclic) bond motifs is 2. The van der Waals surface area contributed by atoms with Gasteiger partial charge in [0.15, 0.2) is 23.0 Å². The number of hydrogen-bond acceptors (Lipinski definition) is 4. The first kappa shape index (κ1) is 12.4. The Morgan fingerprint density at radius 3 is 2.57 bits per heavy atom. The predicted octanol–water partition coefficient (Wildman–Crippen LogP) is 3.47. The lowest BCUT2D eigenvalue weighted by molar-refractivity contribution is 0.171. The summed E-state index contributed by atoms with van der Waals surface area (Å²) < 4.78 is 22.8. The van der Waals surface area contributed by atoms with E-state index in [-0.39, 0.29) is 6.79 Å². The largest absolute Gasteiger partial charge is 0.486 e. The maximum Gasteiger partial charge on any atom is 0.231 e. The zero-order valence-corrected chi connectivity index (χ0v) is 12.1. The maximum absolute atomic E-state index is 5.87. The average Bonchev–Trinajstić information content (AvgIpc) is 2.94. The molecule has 0 spiro atoms. The summed E-state index contributed by atoms with van der Waals surface area (Å²) in [4.78, 5) is 0. The molecule has 4 rings (SSSR count). The summed E-state index contributed by atoms with van der Waals surface area (Å²) >= 11 is 0. The highest BCUT2D eigenvalue weighted by molar-refractivity contribution is 5.83. The standard InChI is InChI=1S/C17H16O4/c1-10-7-12(16-14(8-10)20-9-21-16)15-11(2)3-4-13-17(15)19-6-5-18-13/h3-4,7-8H,5-6,9H2,1-2H3. The Kier molecular flexibility index (Phi) is 2.70. The SMILES string of the molecule is Cc1cc2c(c(-c3c(C)ccc4c3OCCO4)c1)OCO2. The van der Waals surface area contributed by atoms with E-state index in [0.29, 0.717) is 13.2 Å². The molecule has 2 aromatic rings. The van der Waals surface area contributed by atoms with Gasteiger partial charge in [0.1, 0.15) is 13.2 Å². The zero-order valence-electron chi connectivity index (χ0n) is 12.1. The van der Waals surface area contributed by atoms with Crippen LogP contribution in [0, 0.1) is 13.8 Å². The van der Waals surface area contributed by atoms with Crippen LogP contribution in [0.1, 0.15) is 11.1 Å². The molecule has 4 heteroatoms. The van der Waals surface area contributed by atoms with Gasteiger partial charge < -0.3 is 18.9 Å². The Hall–Kier alpha value is -2.36. The number of rotatable bonds is 1. The Morgan fingerprint density at radius 1 is 0.810 bits per heavy atom. The summed E-state index contributed by atoms with van der Waals surface area (Å²) in [5.74, 6) is 3.16. The first-order chi connectivity index (χ1) is 10.2. The first-order valence-electron chi connectivity index (χ1n) is 7.04. The van der Waals surface area contributed by atoms with Gasteiger partial charge in [-0.2, -0.15) is 0 Å². The van der Waals surface area contributed by atoms with E-state index in [9.17, 15) is 0 Å².